The maximum Gasteiger partial charge on any atom is 0.169 e. The number of hydrogen-bond acceptors (Lipinski definition) is 4. The molecule has 2 rings (SSSR count). The summed E-state index contributed by atoms with van der Waals surface area (Å²) in [5, 5.41) is 6.17. The number of halogens is 1. The number of nitrogens with zero attached hydrogens (tertiary/aromatic N) is 1. The fraction of sp³-hybridized carbons (Fsp3) is 0.308. The zero-order valence-corrected chi connectivity index (χ0v) is 11.1. The average molecular weight is 266 g/mol. The molecule has 0 spiro atoms. The summed E-state index contributed by atoms with van der Waals surface area (Å²) >= 11 is 1.59. The number of benzene rings is 1. The highest BCUT2D eigenvalue weighted by molar-refractivity contribution is 7.09. The first kappa shape index (κ1) is 13.0. The van der Waals surface area contributed by atoms with Crippen molar-refractivity contribution in [1.82, 2.24) is 10.3 Å². The molecule has 0 amide bonds. The van der Waals surface area contributed by atoms with E-state index in [0.717, 1.165) is 5.01 Å². The van der Waals surface area contributed by atoms with Gasteiger partial charge in [-0.05, 0) is 13.0 Å². The minimum atomic E-state index is -0.307. The van der Waals surface area contributed by atoms with Crippen molar-refractivity contribution in [1.29, 1.82) is 0 Å². The molecule has 1 heterocycles. The molecule has 1 aromatic heterocycles. The normalized spacial score (nSPS) is 12.4. The molecule has 0 saturated carbocycles. The highest BCUT2D eigenvalue weighted by Gasteiger charge is 2.11. The Kier molecular flexibility index (Phi) is 4.28. The van der Waals surface area contributed by atoms with Gasteiger partial charge in [-0.25, -0.2) is 9.37 Å². The largest absolute Gasteiger partial charge is 0.494 e. The van der Waals surface area contributed by atoms with Crippen molar-refractivity contribution in [3.8, 4) is 5.75 Å². The molecule has 0 saturated heterocycles. The Labute approximate surface area is 110 Å². The van der Waals surface area contributed by atoms with Crippen LogP contribution in [0, 0.1) is 5.82 Å². The molecule has 0 bridgehead atoms. The molecular formula is C13H15FN2OS. The standard InChI is InChI=1S/C13H15FN2OS/c1-9(13-15-6-7-18-13)16-8-10-4-3-5-11(17-2)12(10)14/h3-7,9,16H,8H2,1-2H3. The molecule has 2 aromatic rings. The van der Waals surface area contributed by atoms with Crippen LogP contribution in [0.25, 0.3) is 0 Å². The predicted molar refractivity (Wildman–Crippen MR) is 70.3 cm³/mol. The predicted octanol–water partition coefficient (Wildman–Crippen LogP) is 3.14. The number of ether oxygens (including phenoxy) is 1. The molecule has 3 nitrogen and oxygen atoms in total. The van der Waals surface area contributed by atoms with Gasteiger partial charge < -0.3 is 10.1 Å². The van der Waals surface area contributed by atoms with E-state index in [0.29, 0.717) is 12.1 Å². The van der Waals surface area contributed by atoms with Gasteiger partial charge in [0.15, 0.2) is 11.6 Å². The fourth-order valence-electron chi connectivity index (χ4n) is 1.65. The smallest absolute Gasteiger partial charge is 0.169 e. The third kappa shape index (κ3) is 2.86. The summed E-state index contributed by atoms with van der Waals surface area (Å²) in [6.07, 6.45) is 1.77. The first-order chi connectivity index (χ1) is 8.72. The van der Waals surface area contributed by atoms with Gasteiger partial charge in [-0.2, -0.15) is 0 Å². The van der Waals surface area contributed by atoms with Gasteiger partial charge in [-0.1, -0.05) is 12.1 Å². The van der Waals surface area contributed by atoms with Gasteiger partial charge >= 0.3 is 0 Å². The Balaban J connectivity index is 2.02. The monoisotopic (exact) mass is 266 g/mol. The lowest BCUT2D eigenvalue weighted by molar-refractivity contribution is 0.382. The summed E-state index contributed by atoms with van der Waals surface area (Å²) in [6.45, 7) is 2.46. The van der Waals surface area contributed by atoms with E-state index in [-0.39, 0.29) is 17.6 Å². The van der Waals surface area contributed by atoms with Crippen LogP contribution in [0.5, 0.6) is 5.75 Å². The van der Waals surface area contributed by atoms with Crippen molar-refractivity contribution in [2.45, 2.75) is 19.5 Å². The third-order valence-electron chi connectivity index (χ3n) is 2.68. The van der Waals surface area contributed by atoms with E-state index in [9.17, 15) is 4.39 Å². The zero-order valence-electron chi connectivity index (χ0n) is 10.3. The van der Waals surface area contributed by atoms with Gasteiger partial charge in [0, 0.05) is 23.7 Å². The second-order valence-electron chi connectivity index (χ2n) is 3.91. The lowest BCUT2D eigenvalue weighted by Gasteiger charge is -2.12. The van der Waals surface area contributed by atoms with Gasteiger partial charge in [0.2, 0.25) is 0 Å². The minimum absolute atomic E-state index is 0.107. The van der Waals surface area contributed by atoms with Crippen LogP contribution in [0.3, 0.4) is 0 Å². The van der Waals surface area contributed by atoms with Crippen molar-refractivity contribution in [2.75, 3.05) is 7.11 Å². The second-order valence-corrected chi connectivity index (χ2v) is 4.83. The number of rotatable bonds is 5. The fourth-order valence-corrected chi connectivity index (χ4v) is 2.32. The molecule has 1 unspecified atom stereocenters. The molecule has 5 heteroatoms. The maximum atomic E-state index is 13.9. The van der Waals surface area contributed by atoms with Gasteiger partial charge in [-0.3, -0.25) is 0 Å². The quantitative estimate of drug-likeness (QED) is 0.902. The average Bonchev–Trinajstić information content (AvgIpc) is 2.91. The van der Waals surface area contributed by atoms with Crippen LogP contribution in [-0.2, 0) is 6.54 Å². The number of aromatic nitrogens is 1. The number of nitrogens with one attached hydrogen (secondary N) is 1. The van der Waals surface area contributed by atoms with E-state index in [1.165, 1.54) is 7.11 Å². The molecule has 96 valence electrons. The number of thiazole rings is 1. The highest BCUT2D eigenvalue weighted by Crippen LogP contribution is 2.21. The SMILES string of the molecule is COc1cccc(CNC(C)c2nccs2)c1F. The van der Waals surface area contributed by atoms with E-state index < -0.39 is 0 Å². The van der Waals surface area contributed by atoms with Gasteiger partial charge in [0.05, 0.1) is 13.2 Å². The Morgan fingerprint density at radius 1 is 1.50 bits per heavy atom. The summed E-state index contributed by atoms with van der Waals surface area (Å²) in [5.74, 6) is -0.0324. The van der Waals surface area contributed by atoms with E-state index in [2.05, 4.69) is 10.3 Å². The summed E-state index contributed by atoms with van der Waals surface area (Å²) in [4.78, 5) is 4.22. The lowest BCUT2D eigenvalue weighted by atomic mass is 10.2. The van der Waals surface area contributed by atoms with E-state index >= 15 is 0 Å². The number of hydrogen-bond donors (Lipinski definition) is 1. The number of methoxy groups -OCH3 is 1. The summed E-state index contributed by atoms with van der Waals surface area (Å²) < 4.78 is 18.8. The molecule has 1 atom stereocenters. The van der Waals surface area contributed by atoms with Gasteiger partial charge in [-0.15, -0.1) is 11.3 Å². The van der Waals surface area contributed by atoms with Crippen LogP contribution in [0.4, 0.5) is 4.39 Å². The van der Waals surface area contributed by atoms with Crippen LogP contribution >= 0.6 is 11.3 Å². The summed E-state index contributed by atoms with van der Waals surface area (Å²) in [5.41, 5.74) is 0.595. The lowest BCUT2D eigenvalue weighted by Crippen LogP contribution is -2.18. The Bertz CT molecular complexity index is 502. The van der Waals surface area contributed by atoms with Crippen molar-refractivity contribution in [3.63, 3.8) is 0 Å². The highest BCUT2D eigenvalue weighted by atomic mass is 32.1. The van der Waals surface area contributed by atoms with Crippen LogP contribution in [0.2, 0.25) is 0 Å². The van der Waals surface area contributed by atoms with Gasteiger partial charge in [0.1, 0.15) is 5.01 Å². The molecular weight excluding hydrogens is 251 g/mol. The molecule has 0 radical (unpaired) electrons. The van der Waals surface area contributed by atoms with Crippen LogP contribution in [0.1, 0.15) is 23.5 Å². The summed E-state index contributed by atoms with van der Waals surface area (Å²) in [6, 6.07) is 5.26. The molecule has 0 aliphatic heterocycles. The third-order valence-corrected chi connectivity index (χ3v) is 3.64. The van der Waals surface area contributed by atoms with E-state index in [1.54, 1.807) is 35.7 Å². The molecule has 1 aromatic carbocycles. The van der Waals surface area contributed by atoms with E-state index in [1.807, 2.05) is 12.3 Å². The maximum absolute atomic E-state index is 13.9. The van der Waals surface area contributed by atoms with Crippen LogP contribution in [0.15, 0.2) is 29.8 Å². The molecule has 18 heavy (non-hydrogen) atoms. The summed E-state index contributed by atoms with van der Waals surface area (Å²) in [7, 11) is 1.47. The van der Waals surface area contributed by atoms with Crippen LogP contribution < -0.4 is 10.1 Å². The van der Waals surface area contributed by atoms with Gasteiger partial charge in [0.25, 0.3) is 0 Å². The Morgan fingerprint density at radius 3 is 3.00 bits per heavy atom. The first-order valence-corrected chi connectivity index (χ1v) is 6.54. The Morgan fingerprint density at radius 2 is 2.33 bits per heavy atom. The second kappa shape index (κ2) is 5.93. The molecule has 0 aliphatic rings. The van der Waals surface area contributed by atoms with Crippen molar-refractivity contribution in [2.24, 2.45) is 0 Å². The molecule has 0 aliphatic carbocycles. The first-order valence-electron chi connectivity index (χ1n) is 5.66. The van der Waals surface area contributed by atoms with Crippen molar-refractivity contribution < 1.29 is 9.13 Å². The van der Waals surface area contributed by atoms with E-state index in [4.69, 9.17) is 4.74 Å². The molecule has 1 N–H and O–H groups in total. The minimum Gasteiger partial charge on any atom is -0.494 e. The molecule has 0 fully saturated rings. The topological polar surface area (TPSA) is 34.1 Å². The zero-order chi connectivity index (χ0) is 13.0. The van der Waals surface area contributed by atoms with Crippen LogP contribution in [-0.4, -0.2) is 12.1 Å². The Hall–Kier alpha value is -1.46. The van der Waals surface area contributed by atoms with Crippen molar-refractivity contribution in [3.05, 3.63) is 46.2 Å². The van der Waals surface area contributed by atoms with Crippen molar-refractivity contribution >= 4 is 11.3 Å².